The van der Waals surface area contributed by atoms with Crippen LogP contribution in [-0.4, -0.2) is 16.1 Å². The second-order valence-electron chi connectivity index (χ2n) is 4.46. The normalized spacial score (nSPS) is 17.5. The van der Waals surface area contributed by atoms with Crippen molar-refractivity contribution in [3.8, 4) is 0 Å². The van der Waals surface area contributed by atoms with Crippen LogP contribution in [-0.2, 0) is 13.0 Å². The third-order valence-corrected chi connectivity index (χ3v) is 3.26. The number of aromatic nitrogens is 2. The van der Waals surface area contributed by atoms with E-state index in [0.717, 1.165) is 19.5 Å². The van der Waals surface area contributed by atoms with Crippen LogP contribution < -0.4 is 5.32 Å². The smallest absolute Gasteiger partial charge is 0.0954 e. The van der Waals surface area contributed by atoms with E-state index in [1.165, 1.54) is 30.7 Å². The summed E-state index contributed by atoms with van der Waals surface area (Å²) in [5, 5.41) is 3.36. The zero-order valence-electron chi connectivity index (χ0n) is 9.79. The van der Waals surface area contributed by atoms with E-state index in [1.54, 1.807) is 0 Å². The zero-order valence-corrected chi connectivity index (χ0v) is 9.79. The minimum absolute atomic E-state index is 0.610. The van der Waals surface area contributed by atoms with Gasteiger partial charge in [-0.1, -0.05) is 19.8 Å². The van der Waals surface area contributed by atoms with Gasteiger partial charge in [-0.3, -0.25) is 0 Å². The predicted molar refractivity (Wildman–Crippen MR) is 61.9 cm³/mol. The van der Waals surface area contributed by atoms with Crippen LogP contribution in [0.15, 0.2) is 6.33 Å². The Morgan fingerprint density at radius 1 is 1.60 bits per heavy atom. The third-order valence-electron chi connectivity index (χ3n) is 3.26. The highest BCUT2D eigenvalue weighted by molar-refractivity contribution is 5.16. The lowest BCUT2D eigenvalue weighted by molar-refractivity contribution is 0.463. The number of imidazole rings is 1. The molecule has 1 atom stereocenters. The molecule has 2 rings (SSSR count). The topological polar surface area (TPSA) is 29.9 Å². The van der Waals surface area contributed by atoms with Crippen molar-refractivity contribution in [2.45, 2.75) is 52.1 Å². The molecule has 0 aliphatic carbocycles. The lowest BCUT2D eigenvalue weighted by Gasteiger charge is -2.19. The number of rotatable bonds is 4. The fourth-order valence-corrected chi connectivity index (χ4v) is 2.28. The molecule has 0 radical (unpaired) electrons. The maximum absolute atomic E-state index is 4.49. The number of hydrogen-bond donors (Lipinski definition) is 1. The van der Waals surface area contributed by atoms with Gasteiger partial charge in [0, 0.05) is 31.2 Å². The Labute approximate surface area is 91.9 Å². The first-order valence-corrected chi connectivity index (χ1v) is 6.08. The van der Waals surface area contributed by atoms with Gasteiger partial charge in [0.15, 0.2) is 0 Å². The van der Waals surface area contributed by atoms with Gasteiger partial charge < -0.3 is 9.88 Å². The van der Waals surface area contributed by atoms with Crippen LogP contribution in [0.2, 0.25) is 0 Å². The molecule has 1 aromatic heterocycles. The summed E-state index contributed by atoms with van der Waals surface area (Å²) < 4.78 is 2.38. The molecule has 0 aromatic carbocycles. The van der Waals surface area contributed by atoms with Crippen molar-refractivity contribution in [1.29, 1.82) is 0 Å². The van der Waals surface area contributed by atoms with Crippen molar-refractivity contribution < 1.29 is 0 Å². The van der Waals surface area contributed by atoms with Crippen LogP contribution in [0.4, 0.5) is 0 Å². The van der Waals surface area contributed by atoms with Gasteiger partial charge in [0.05, 0.1) is 12.0 Å². The molecular formula is C12H21N3. The molecule has 0 spiro atoms. The molecule has 1 N–H and O–H groups in total. The van der Waals surface area contributed by atoms with Gasteiger partial charge in [-0.05, 0) is 13.3 Å². The zero-order chi connectivity index (χ0) is 10.7. The molecule has 1 aliphatic rings. The Kier molecular flexibility index (Phi) is 3.41. The summed E-state index contributed by atoms with van der Waals surface area (Å²) in [6, 6.07) is 0.610. The Morgan fingerprint density at radius 2 is 2.47 bits per heavy atom. The van der Waals surface area contributed by atoms with Gasteiger partial charge in [-0.2, -0.15) is 0 Å². The Balaban J connectivity index is 2.10. The number of unbranched alkanes of at least 4 members (excludes halogenated alkanes) is 1. The van der Waals surface area contributed by atoms with Gasteiger partial charge in [0.1, 0.15) is 0 Å². The van der Waals surface area contributed by atoms with E-state index in [-0.39, 0.29) is 0 Å². The van der Waals surface area contributed by atoms with Crippen molar-refractivity contribution in [3.63, 3.8) is 0 Å². The van der Waals surface area contributed by atoms with Crippen LogP contribution >= 0.6 is 0 Å². The SMILES string of the molecule is CCCCC(C)n1cnc2c1CCNC2. The first-order chi connectivity index (χ1) is 7.33. The number of hydrogen-bond acceptors (Lipinski definition) is 2. The number of nitrogens with one attached hydrogen (secondary N) is 1. The molecule has 0 saturated carbocycles. The van der Waals surface area contributed by atoms with Crippen molar-refractivity contribution >= 4 is 0 Å². The molecule has 15 heavy (non-hydrogen) atoms. The molecule has 0 saturated heterocycles. The van der Waals surface area contributed by atoms with Crippen LogP contribution in [0.3, 0.4) is 0 Å². The molecule has 1 aliphatic heterocycles. The summed E-state index contributed by atoms with van der Waals surface area (Å²) in [7, 11) is 0. The Morgan fingerprint density at radius 3 is 3.27 bits per heavy atom. The van der Waals surface area contributed by atoms with E-state index >= 15 is 0 Å². The summed E-state index contributed by atoms with van der Waals surface area (Å²) >= 11 is 0. The van der Waals surface area contributed by atoms with Crippen LogP contribution in [0.25, 0.3) is 0 Å². The van der Waals surface area contributed by atoms with E-state index < -0.39 is 0 Å². The molecule has 3 heteroatoms. The fourth-order valence-electron chi connectivity index (χ4n) is 2.28. The van der Waals surface area contributed by atoms with E-state index in [9.17, 15) is 0 Å². The standard InChI is InChI=1S/C12H21N3/c1-3-4-5-10(2)15-9-14-11-8-13-7-6-12(11)15/h9-10,13H,3-8H2,1-2H3. The van der Waals surface area contributed by atoms with E-state index in [4.69, 9.17) is 0 Å². The summed E-state index contributed by atoms with van der Waals surface area (Å²) in [5.41, 5.74) is 2.71. The largest absolute Gasteiger partial charge is 0.331 e. The second-order valence-corrected chi connectivity index (χ2v) is 4.46. The summed E-state index contributed by atoms with van der Waals surface area (Å²) in [5.74, 6) is 0. The Bertz CT molecular complexity index is 317. The first kappa shape index (κ1) is 10.7. The summed E-state index contributed by atoms with van der Waals surface area (Å²) in [6.07, 6.45) is 7.02. The average molecular weight is 207 g/mol. The Hall–Kier alpha value is -0.830. The lowest BCUT2D eigenvalue weighted by Crippen LogP contribution is -2.25. The van der Waals surface area contributed by atoms with Crippen molar-refractivity contribution in [1.82, 2.24) is 14.9 Å². The van der Waals surface area contributed by atoms with Gasteiger partial charge in [0.25, 0.3) is 0 Å². The third kappa shape index (κ3) is 2.23. The highest BCUT2D eigenvalue weighted by Crippen LogP contribution is 2.21. The monoisotopic (exact) mass is 207 g/mol. The molecular weight excluding hydrogens is 186 g/mol. The van der Waals surface area contributed by atoms with E-state index in [1.807, 2.05) is 6.33 Å². The molecule has 0 bridgehead atoms. The van der Waals surface area contributed by atoms with Gasteiger partial charge >= 0.3 is 0 Å². The quantitative estimate of drug-likeness (QED) is 0.821. The van der Waals surface area contributed by atoms with Gasteiger partial charge in [-0.25, -0.2) is 4.98 Å². The molecule has 84 valence electrons. The number of nitrogens with zero attached hydrogens (tertiary/aromatic N) is 2. The van der Waals surface area contributed by atoms with E-state index in [0.29, 0.717) is 6.04 Å². The molecule has 3 nitrogen and oxygen atoms in total. The van der Waals surface area contributed by atoms with Crippen molar-refractivity contribution in [3.05, 3.63) is 17.7 Å². The van der Waals surface area contributed by atoms with Gasteiger partial charge in [-0.15, -0.1) is 0 Å². The summed E-state index contributed by atoms with van der Waals surface area (Å²) in [6.45, 7) is 6.60. The minimum Gasteiger partial charge on any atom is -0.331 e. The maximum Gasteiger partial charge on any atom is 0.0954 e. The van der Waals surface area contributed by atoms with Crippen molar-refractivity contribution in [2.24, 2.45) is 0 Å². The van der Waals surface area contributed by atoms with Crippen LogP contribution in [0, 0.1) is 0 Å². The lowest BCUT2D eigenvalue weighted by atomic mass is 10.1. The van der Waals surface area contributed by atoms with Crippen LogP contribution in [0.1, 0.15) is 50.5 Å². The molecule has 0 amide bonds. The molecule has 1 unspecified atom stereocenters. The predicted octanol–water partition coefficient (Wildman–Crippen LogP) is 2.28. The first-order valence-electron chi connectivity index (χ1n) is 6.08. The molecule has 0 fully saturated rings. The fraction of sp³-hybridized carbons (Fsp3) is 0.750. The summed E-state index contributed by atoms with van der Waals surface area (Å²) in [4.78, 5) is 4.49. The van der Waals surface area contributed by atoms with Gasteiger partial charge in [0.2, 0.25) is 0 Å². The maximum atomic E-state index is 4.49. The highest BCUT2D eigenvalue weighted by atomic mass is 15.1. The average Bonchev–Trinajstić information content (AvgIpc) is 2.69. The van der Waals surface area contributed by atoms with Crippen LogP contribution in [0.5, 0.6) is 0 Å². The second kappa shape index (κ2) is 4.79. The minimum atomic E-state index is 0.610. The molecule has 2 heterocycles. The molecule has 1 aromatic rings. The highest BCUT2D eigenvalue weighted by Gasteiger charge is 2.17. The van der Waals surface area contributed by atoms with Crippen molar-refractivity contribution in [2.75, 3.05) is 6.54 Å². The number of fused-ring (bicyclic) bond motifs is 1. The van der Waals surface area contributed by atoms with E-state index in [2.05, 4.69) is 28.7 Å².